The first kappa shape index (κ1) is 48.6. The predicted octanol–water partition coefficient (Wildman–Crippen LogP) is 17.6. The Bertz CT molecular complexity index is 2610. The molecule has 2 heteroatoms. The minimum absolute atomic E-state index is 0. The van der Waals surface area contributed by atoms with Crippen molar-refractivity contribution in [3.8, 4) is 23.0 Å². The second kappa shape index (κ2) is 18.9. The summed E-state index contributed by atoms with van der Waals surface area (Å²) in [6.07, 6.45) is 0. The lowest BCUT2D eigenvalue weighted by molar-refractivity contribution is 0.315. The fourth-order valence-corrected chi connectivity index (χ4v) is 10.3. The Kier molecular flexibility index (Phi) is 14.2. The molecule has 4 aliphatic rings. The van der Waals surface area contributed by atoms with Crippen LogP contribution < -0.4 is 9.47 Å². The van der Waals surface area contributed by atoms with Crippen LogP contribution in [-0.2, 0) is 10.8 Å². The van der Waals surface area contributed by atoms with Crippen molar-refractivity contribution in [1.29, 1.82) is 0 Å². The largest absolute Gasteiger partial charge is 0.449 e. The van der Waals surface area contributed by atoms with Crippen molar-refractivity contribution < 1.29 is 9.47 Å². The van der Waals surface area contributed by atoms with E-state index in [0.29, 0.717) is 11.8 Å². The molecule has 2 nitrogen and oxygen atoms in total. The molecule has 0 aromatic heterocycles. The highest BCUT2D eigenvalue weighted by molar-refractivity contribution is 5.79. The van der Waals surface area contributed by atoms with Crippen molar-refractivity contribution in [3.63, 3.8) is 0 Å². The van der Waals surface area contributed by atoms with Gasteiger partial charge in [-0.05, 0) is 219 Å². The summed E-state index contributed by atoms with van der Waals surface area (Å²) in [6, 6.07) is 44.2. The summed E-state index contributed by atoms with van der Waals surface area (Å²) in [5.41, 5.74) is 24.2. The lowest BCUT2D eigenvalue weighted by atomic mass is 9.42. The first-order valence-corrected chi connectivity index (χ1v) is 23.3. The van der Waals surface area contributed by atoms with E-state index < -0.39 is 0 Å². The highest BCUT2D eigenvalue weighted by Crippen LogP contribution is 2.68. The molecule has 0 fully saturated rings. The molecular formula is C63H74O2. The van der Waals surface area contributed by atoms with E-state index in [1.165, 1.54) is 100 Å². The molecule has 1 aliphatic heterocycles. The normalized spacial score (nSPS) is 16.5. The predicted molar refractivity (Wildman–Crippen MR) is 278 cm³/mol. The second-order valence-electron chi connectivity index (χ2n) is 19.6. The summed E-state index contributed by atoms with van der Waals surface area (Å²) < 4.78 is 13.2. The van der Waals surface area contributed by atoms with E-state index in [1.807, 2.05) is 0 Å². The zero-order valence-corrected chi connectivity index (χ0v) is 41.5. The van der Waals surface area contributed by atoms with Crippen LogP contribution in [0.3, 0.4) is 0 Å². The van der Waals surface area contributed by atoms with Crippen LogP contribution in [0.1, 0.15) is 135 Å². The molecule has 3 aliphatic carbocycles. The second-order valence-corrected chi connectivity index (χ2v) is 19.6. The molecule has 2 bridgehead atoms. The SMILES string of the molecule is C.Cc1cc(C)c(C)cc1C.Cc1cc2c(cc1C)Oc1cc3c(cc1O2)C1(C(C)C)c2ccccc2C3(C(C)C)c2cc(C)c(C)cc21.Cc1ccccc1C.Cc1ccccc1C. The summed E-state index contributed by atoms with van der Waals surface area (Å²) in [4.78, 5) is 0. The van der Waals surface area contributed by atoms with Crippen LogP contribution in [0.2, 0.25) is 0 Å². The van der Waals surface area contributed by atoms with Crippen molar-refractivity contribution in [3.05, 3.63) is 221 Å². The Labute approximate surface area is 393 Å². The van der Waals surface area contributed by atoms with Crippen LogP contribution in [0.5, 0.6) is 23.0 Å². The van der Waals surface area contributed by atoms with E-state index in [2.05, 4.69) is 232 Å². The van der Waals surface area contributed by atoms with Gasteiger partial charge in [-0.25, -0.2) is 0 Å². The molecule has 1 heterocycles. The van der Waals surface area contributed by atoms with Gasteiger partial charge in [0.15, 0.2) is 23.0 Å². The molecule has 0 saturated carbocycles. The Hall–Kier alpha value is -5.86. The Morgan fingerprint density at radius 3 is 0.785 bits per heavy atom. The molecule has 0 saturated heterocycles. The molecule has 0 spiro atoms. The van der Waals surface area contributed by atoms with Gasteiger partial charge in [0.2, 0.25) is 0 Å². The summed E-state index contributed by atoms with van der Waals surface area (Å²) in [6.45, 7) is 35.4. The number of rotatable bonds is 2. The third-order valence-electron chi connectivity index (χ3n) is 14.9. The molecule has 7 aromatic rings. The zero-order valence-electron chi connectivity index (χ0n) is 41.5. The van der Waals surface area contributed by atoms with Gasteiger partial charge in [0.05, 0.1) is 0 Å². The van der Waals surface area contributed by atoms with E-state index in [1.54, 1.807) is 0 Å². The summed E-state index contributed by atoms with van der Waals surface area (Å²) in [5, 5.41) is 0. The monoisotopic (exact) mass is 863 g/mol. The maximum atomic E-state index is 6.60. The smallest absolute Gasteiger partial charge is 0.170 e. The molecule has 0 amide bonds. The van der Waals surface area contributed by atoms with Crippen LogP contribution in [0.4, 0.5) is 0 Å². The molecule has 7 aromatic carbocycles. The summed E-state index contributed by atoms with van der Waals surface area (Å²) >= 11 is 0. The molecular weight excluding hydrogens is 789 g/mol. The third-order valence-corrected chi connectivity index (χ3v) is 14.9. The van der Waals surface area contributed by atoms with Gasteiger partial charge in [0.1, 0.15) is 0 Å². The van der Waals surface area contributed by atoms with E-state index in [0.717, 1.165) is 23.0 Å². The van der Waals surface area contributed by atoms with Gasteiger partial charge in [0, 0.05) is 10.8 Å². The summed E-state index contributed by atoms with van der Waals surface area (Å²) in [5.74, 6) is 3.90. The van der Waals surface area contributed by atoms with Gasteiger partial charge in [-0.2, -0.15) is 0 Å². The molecule has 65 heavy (non-hydrogen) atoms. The molecule has 11 rings (SSSR count). The fourth-order valence-electron chi connectivity index (χ4n) is 10.3. The van der Waals surface area contributed by atoms with Crippen molar-refractivity contribution >= 4 is 0 Å². The number of aryl methyl sites for hydroxylation is 12. The van der Waals surface area contributed by atoms with Gasteiger partial charge < -0.3 is 9.47 Å². The van der Waals surface area contributed by atoms with Gasteiger partial charge in [0.25, 0.3) is 0 Å². The van der Waals surface area contributed by atoms with Crippen molar-refractivity contribution in [1.82, 2.24) is 0 Å². The van der Waals surface area contributed by atoms with E-state index in [9.17, 15) is 0 Å². The number of fused-ring (bicyclic) bond motifs is 2. The Morgan fingerprint density at radius 2 is 0.508 bits per heavy atom. The Morgan fingerprint density at radius 1 is 0.277 bits per heavy atom. The molecule has 0 radical (unpaired) electrons. The van der Waals surface area contributed by atoms with Gasteiger partial charge in [-0.3, -0.25) is 0 Å². The lowest BCUT2D eigenvalue weighted by Crippen LogP contribution is -2.55. The minimum Gasteiger partial charge on any atom is -0.449 e. The van der Waals surface area contributed by atoms with Crippen molar-refractivity contribution in [2.24, 2.45) is 11.8 Å². The van der Waals surface area contributed by atoms with Gasteiger partial charge in [-0.15, -0.1) is 0 Å². The summed E-state index contributed by atoms with van der Waals surface area (Å²) in [7, 11) is 0. The molecule has 2 unspecified atom stereocenters. The highest BCUT2D eigenvalue weighted by atomic mass is 16.6. The van der Waals surface area contributed by atoms with Crippen LogP contribution in [0, 0.1) is 94.9 Å². The third kappa shape index (κ3) is 8.46. The van der Waals surface area contributed by atoms with Crippen LogP contribution in [0.25, 0.3) is 0 Å². The van der Waals surface area contributed by atoms with E-state index in [4.69, 9.17) is 9.47 Å². The Balaban J connectivity index is 0.000000209. The maximum Gasteiger partial charge on any atom is 0.170 e. The van der Waals surface area contributed by atoms with Crippen LogP contribution in [0.15, 0.2) is 121 Å². The quantitative estimate of drug-likeness (QED) is 0.172. The van der Waals surface area contributed by atoms with Gasteiger partial charge >= 0.3 is 0 Å². The van der Waals surface area contributed by atoms with Crippen LogP contribution in [-0.4, -0.2) is 0 Å². The average Bonchev–Trinajstić information content (AvgIpc) is 3.25. The number of hydrogen-bond donors (Lipinski definition) is 0. The molecule has 338 valence electrons. The topological polar surface area (TPSA) is 18.5 Å². The maximum absolute atomic E-state index is 6.60. The highest BCUT2D eigenvalue weighted by Gasteiger charge is 2.61. The number of hydrogen-bond acceptors (Lipinski definition) is 2. The van der Waals surface area contributed by atoms with E-state index in [-0.39, 0.29) is 18.3 Å². The lowest BCUT2D eigenvalue weighted by Gasteiger charge is -2.60. The van der Waals surface area contributed by atoms with Gasteiger partial charge in [-0.1, -0.05) is 132 Å². The number of benzene rings is 7. The first-order chi connectivity index (χ1) is 30.3. The number of ether oxygens (including phenoxy) is 2. The van der Waals surface area contributed by atoms with Crippen LogP contribution >= 0.6 is 0 Å². The standard InChI is InChI=1S/C36H36O2.C10H14.2C8H10.CH4/c1-19(2)35-25-11-9-10-12-26(25)36(20(3)4,28-14-22(6)21(5)13-27(28)35)30-18-34-33(17-29(30)35)37-31-15-23(7)24(8)16-32(31)38-34;1-7-5-9(3)10(4)6-8(7)2;2*1-7-5-3-4-6-8(7)2;/h9-20H,1-8H3;5-6H,1-4H3;2*3-6H,1-2H3;1H4. The average molecular weight is 863 g/mol. The van der Waals surface area contributed by atoms with E-state index >= 15 is 0 Å². The molecule has 2 atom stereocenters. The van der Waals surface area contributed by atoms with Crippen molar-refractivity contribution in [2.45, 2.75) is 129 Å². The molecule has 0 N–H and O–H groups in total. The first-order valence-electron chi connectivity index (χ1n) is 23.3. The van der Waals surface area contributed by atoms with Crippen molar-refractivity contribution in [2.75, 3.05) is 0 Å². The zero-order chi connectivity index (χ0) is 46.4. The minimum atomic E-state index is -0.266. The fraction of sp³-hybridized carbons (Fsp3) is 0.333.